The molecule has 1 unspecified atom stereocenters. The Kier molecular flexibility index (Phi) is 18.5. The van der Waals surface area contributed by atoms with Crippen LogP contribution in [-0.2, 0) is 4.79 Å². The van der Waals surface area contributed by atoms with E-state index in [-0.39, 0.29) is 5.92 Å². The van der Waals surface area contributed by atoms with Crippen LogP contribution in [0.4, 0.5) is 0 Å². The van der Waals surface area contributed by atoms with Crippen LogP contribution < -0.4 is 0 Å². The SMILES string of the molecule is CCCCCCCCCCCC(CCCCCCCCCCC)C(C)(C(=O)O)[N+](C)(C)C. The van der Waals surface area contributed by atoms with Gasteiger partial charge in [-0.1, -0.05) is 129 Å². The second kappa shape index (κ2) is 18.8. The highest BCUT2D eigenvalue weighted by molar-refractivity contribution is 5.77. The second-order valence-electron chi connectivity index (χ2n) is 11.4. The van der Waals surface area contributed by atoms with E-state index in [0.29, 0.717) is 4.48 Å². The lowest BCUT2D eigenvalue weighted by atomic mass is 9.76. The van der Waals surface area contributed by atoms with Crippen LogP contribution >= 0.6 is 0 Å². The van der Waals surface area contributed by atoms with Crippen molar-refractivity contribution in [2.24, 2.45) is 5.92 Å². The summed E-state index contributed by atoms with van der Waals surface area (Å²) >= 11 is 0. The normalized spacial score (nSPS) is 14.1. The summed E-state index contributed by atoms with van der Waals surface area (Å²) in [5, 5.41) is 10.2. The lowest BCUT2D eigenvalue weighted by Crippen LogP contribution is -2.64. The van der Waals surface area contributed by atoms with Gasteiger partial charge in [0.05, 0.1) is 21.1 Å². The first-order valence-corrected chi connectivity index (χ1v) is 14.3. The summed E-state index contributed by atoms with van der Waals surface area (Å²) in [5.41, 5.74) is -0.708. The smallest absolute Gasteiger partial charge is 0.365 e. The van der Waals surface area contributed by atoms with Crippen molar-refractivity contribution in [1.29, 1.82) is 0 Å². The van der Waals surface area contributed by atoms with Gasteiger partial charge in [0.25, 0.3) is 0 Å². The third-order valence-electron chi connectivity index (χ3n) is 7.93. The van der Waals surface area contributed by atoms with Gasteiger partial charge in [-0.05, 0) is 12.8 Å². The van der Waals surface area contributed by atoms with Crippen LogP contribution in [0.2, 0.25) is 0 Å². The molecule has 0 rings (SSSR count). The summed E-state index contributed by atoms with van der Waals surface area (Å²) in [5.74, 6) is -0.365. The van der Waals surface area contributed by atoms with Crippen LogP contribution in [0.5, 0.6) is 0 Å². The Labute approximate surface area is 202 Å². The monoisotopic (exact) mass is 454 g/mol. The number of carbonyl (C=O) groups is 1. The molecule has 1 atom stereocenters. The van der Waals surface area contributed by atoms with Crippen LogP contribution in [-0.4, -0.2) is 42.2 Å². The minimum Gasteiger partial charge on any atom is -0.477 e. The third kappa shape index (κ3) is 13.2. The second-order valence-corrected chi connectivity index (χ2v) is 11.4. The summed E-state index contributed by atoms with van der Waals surface area (Å²) < 4.78 is 0.502. The van der Waals surface area contributed by atoms with Crippen LogP contribution in [0, 0.1) is 5.92 Å². The molecule has 0 amide bonds. The van der Waals surface area contributed by atoms with Crippen molar-refractivity contribution in [1.82, 2.24) is 0 Å². The maximum Gasteiger partial charge on any atom is 0.365 e. The molecule has 0 spiro atoms. The van der Waals surface area contributed by atoms with E-state index in [1.54, 1.807) is 0 Å². The highest BCUT2D eigenvalue weighted by Crippen LogP contribution is 2.36. The molecule has 0 aromatic heterocycles. The standard InChI is InChI=1S/C29H59NO2/c1-7-9-11-13-15-17-19-21-23-25-27(29(3,28(31)32)30(4,5)6)26-24-22-20-18-16-14-12-10-8-2/h27H,7-26H2,1-6H3/p+1. The van der Waals surface area contributed by atoms with E-state index < -0.39 is 11.5 Å². The molecule has 0 radical (unpaired) electrons. The number of unbranched alkanes of at least 4 members (excludes halogenated alkanes) is 16. The van der Waals surface area contributed by atoms with Crippen molar-refractivity contribution in [2.45, 2.75) is 155 Å². The molecular weight excluding hydrogens is 394 g/mol. The van der Waals surface area contributed by atoms with Gasteiger partial charge in [-0.2, -0.15) is 0 Å². The minimum atomic E-state index is -0.708. The topological polar surface area (TPSA) is 37.3 Å². The van der Waals surface area contributed by atoms with Crippen molar-refractivity contribution >= 4 is 5.97 Å². The molecule has 0 bridgehead atoms. The average molecular weight is 455 g/mol. The molecule has 32 heavy (non-hydrogen) atoms. The molecule has 0 fully saturated rings. The van der Waals surface area contributed by atoms with Crippen molar-refractivity contribution < 1.29 is 14.4 Å². The van der Waals surface area contributed by atoms with E-state index in [1.807, 2.05) is 6.92 Å². The third-order valence-corrected chi connectivity index (χ3v) is 7.93. The Morgan fingerprint density at radius 3 is 1.16 bits per heavy atom. The van der Waals surface area contributed by atoms with Gasteiger partial charge in [0.1, 0.15) is 0 Å². The molecule has 0 aliphatic rings. The number of hydrogen-bond acceptors (Lipinski definition) is 1. The molecule has 3 heteroatoms. The molecule has 0 aromatic rings. The van der Waals surface area contributed by atoms with Gasteiger partial charge in [0, 0.05) is 12.8 Å². The van der Waals surface area contributed by atoms with E-state index in [1.165, 1.54) is 116 Å². The number of aliphatic carboxylic acids is 1. The Morgan fingerprint density at radius 2 is 0.906 bits per heavy atom. The highest BCUT2D eigenvalue weighted by Gasteiger charge is 2.51. The van der Waals surface area contributed by atoms with Crippen LogP contribution in [0.1, 0.15) is 149 Å². The first-order valence-electron chi connectivity index (χ1n) is 14.3. The Balaban J connectivity index is 4.46. The molecule has 192 valence electrons. The molecule has 0 aliphatic carbocycles. The molecule has 0 heterocycles. The molecule has 0 aliphatic heterocycles. The van der Waals surface area contributed by atoms with Crippen molar-refractivity contribution in [2.75, 3.05) is 21.1 Å². The van der Waals surface area contributed by atoms with Crippen molar-refractivity contribution in [3.63, 3.8) is 0 Å². The van der Waals surface area contributed by atoms with E-state index >= 15 is 0 Å². The van der Waals surface area contributed by atoms with Gasteiger partial charge in [0.2, 0.25) is 0 Å². The zero-order valence-corrected chi connectivity index (χ0v) is 23.0. The van der Waals surface area contributed by atoms with Crippen molar-refractivity contribution in [3.05, 3.63) is 0 Å². The molecule has 3 nitrogen and oxygen atoms in total. The minimum absolute atomic E-state index is 0.258. The lowest BCUT2D eigenvalue weighted by molar-refractivity contribution is -0.916. The van der Waals surface area contributed by atoms with Gasteiger partial charge < -0.3 is 9.59 Å². The maximum atomic E-state index is 12.4. The quantitative estimate of drug-likeness (QED) is 0.123. The molecule has 0 saturated heterocycles. The number of hydrogen-bond donors (Lipinski definition) is 1. The van der Waals surface area contributed by atoms with E-state index in [4.69, 9.17) is 0 Å². The molecule has 0 aromatic carbocycles. The number of carboxylic acids is 1. The molecule has 0 saturated carbocycles. The van der Waals surface area contributed by atoms with Crippen molar-refractivity contribution in [3.8, 4) is 0 Å². The largest absolute Gasteiger partial charge is 0.477 e. The Bertz CT molecular complexity index is 421. The first-order chi connectivity index (χ1) is 15.2. The maximum absolute atomic E-state index is 12.4. The summed E-state index contributed by atoms with van der Waals surface area (Å²) in [6, 6.07) is 0. The van der Waals surface area contributed by atoms with Gasteiger partial charge in [-0.3, -0.25) is 0 Å². The fraction of sp³-hybridized carbons (Fsp3) is 0.966. The van der Waals surface area contributed by atoms with E-state index in [2.05, 4.69) is 35.0 Å². The number of carboxylic acid groups (broad SMARTS) is 1. The number of likely N-dealkylation sites (N-methyl/N-ethyl adjacent to an activating group) is 1. The van der Waals surface area contributed by atoms with Gasteiger partial charge in [-0.15, -0.1) is 0 Å². The van der Waals surface area contributed by atoms with Gasteiger partial charge >= 0.3 is 5.97 Å². The van der Waals surface area contributed by atoms with Gasteiger partial charge in [0.15, 0.2) is 5.54 Å². The Hall–Kier alpha value is -0.570. The lowest BCUT2D eigenvalue weighted by Gasteiger charge is -2.45. The zero-order valence-electron chi connectivity index (χ0n) is 23.0. The Morgan fingerprint density at radius 1 is 0.625 bits per heavy atom. The summed E-state index contributed by atoms with van der Waals surface area (Å²) in [7, 11) is 6.19. The number of quaternary nitrogens is 1. The summed E-state index contributed by atoms with van der Waals surface area (Å²) in [6.45, 7) is 6.54. The van der Waals surface area contributed by atoms with Crippen LogP contribution in [0.15, 0.2) is 0 Å². The number of rotatable bonds is 23. The molecular formula is C29H60NO2+. The van der Waals surface area contributed by atoms with E-state index in [0.717, 1.165) is 12.8 Å². The van der Waals surface area contributed by atoms with Crippen LogP contribution in [0.25, 0.3) is 0 Å². The summed E-state index contributed by atoms with van der Waals surface area (Å²) in [4.78, 5) is 12.4. The predicted molar refractivity (Wildman–Crippen MR) is 141 cm³/mol. The van der Waals surface area contributed by atoms with E-state index in [9.17, 15) is 9.90 Å². The highest BCUT2D eigenvalue weighted by atomic mass is 16.4. The molecule has 1 N–H and O–H groups in total. The average Bonchev–Trinajstić information content (AvgIpc) is 2.73. The fourth-order valence-electron chi connectivity index (χ4n) is 5.12. The fourth-order valence-corrected chi connectivity index (χ4v) is 5.12. The van der Waals surface area contributed by atoms with Crippen LogP contribution in [0.3, 0.4) is 0 Å². The first kappa shape index (κ1) is 31.4. The number of nitrogens with zero attached hydrogens (tertiary/aromatic N) is 1. The van der Waals surface area contributed by atoms with Gasteiger partial charge in [-0.25, -0.2) is 4.79 Å². The summed E-state index contributed by atoms with van der Waals surface area (Å²) in [6.07, 6.45) is 26.0. The zero-order chi connectivity index (χ0) is 24.3. The predicted octanol–water partition coefficient (Wildman–Crippen LogP) is 8.99.